The summed E-state index contributed by atoms with van der Waals surface area (Å²) >= 11 is 12.6. The van der Waals surface area contributed by atoms with Crippen molar-refractivity contribution in [1.82, 2.24) is 4.98 Å². The van der Waals surface area contributed by atoms with Gasteiger partial charge in [0.05, 0.1) is 21.2 Å². The summed E-state index contributed by atoms with van der Waals surface area (Å²) in [4.78, 5) is 4.70. The van der Waals surface area contributed by atoms with Gasteiger partial charge in [-0.3, -0.25) is 4.98 Å². The van der Waals surface area contributed by atoms with Crippen molar-refractivity contribution in [3.8, 4) is 0 Å². The highest BCUT2D eigenvalue weighted by molar-refractivity contribution is 6.41. The van der Waals surface area contributed by atoms with Crippen molar-refractivity contribution in [2.45, 2.75) is 26.2 Å². The molecule has 0 aliphatic heterocycles. The summed E-state index contributed by atoms with van der Waals surface area (Å²) < 4.78 is 0. The number of nitrogens with zero attached hydrogens (tertiary/aromatic N) is 1. The van der Waals surface area contributed by atoms with Gasteiger partial charge in [-0.15, -0.1) is 0 Å². The molecule has 0 unspecified atom stereocenters. The standard InChI is InChI=1S/C14H14Cl2N2/c1-2-17-13-8-4-3-5-11(8)18-14-10(16)7-6-9(15)12(13)14/h6-7H,2-5H2,1H3,(H,17,18). The van der Waals surface area contributed by atoms with Crippen LogP contribution in [0, 0.1) is 0 Å². The Balaban J connectivity index is 2.42. The Morgan fingerprint density at radius 1 is 1.22 bits per heavy atom. The van der Waals surface area contributed by atoms with E-state index in [2.05, 4.69) is 12.2 Å². The summed E-state index contributed by atoms with van der Waals surface area (Å²) in [5.41, 5.74) is 4.43. The fourth-order valence-electron chi connectivity index (χ4n) is 2.67. The summed E-state index contributed by atoms with van der Waals surface area (Å²) in [6.07, 6.45) is 3.27. The molecule has 0 saturated carbocycles. The van der Waals surface area contributed by atoms with Gasteiger partial charge in [0.1, 0.15) is 0 Å². The summed E-state index contributed by atoms with van der Waals surface area (Å²) in [5.74, 6) is 0. The zero-order valence-corrected chi connectivity index (χ0v) is 11.7. The zero-order chi connectivity index (χ0) is 12.7. The van der Waals surface area contributed by atoms with E-state index in [1.807, 2.05) is 12.1 Å². The molecule has 18 heavy (non-hydrogen) atoms. The number of halogens is 2. The third kappa shape index (κ3) is 1.75. The predicted molar refractivity (Wildman–Crippen MR) is 78.0 cm³/mol. The van der Waals surface area contributed by atoms with Gasteiger partial charge in [0.2, 0.25) is 0 Å². The third-order valence-electron chi connectivity index (χ3n) is 3.42. The van der Waals surface area contributed by atoms with E-state index < -0.39 is 0 Å². The second-order valence-corrected chi connectivity index (χ2v) is 5.36. The Morgan fingerprint density at radius 2 is 2.00 bits per heavy atom. The first-order valence-electron chi connectivity index (χ1n) is 6.25. The van der Waals surface area contributed by atoms with Crippen molar-refractivity contribution >= 4 is 39.8 Å². The van der Waals surface area contributed by atoms with Gasteiger partial charge in [-0.2, -0.15) is 0 Å². The summed E-state index contributed by atoms with van der Waals surface area (Å²) in [5, 5.41) is 5.79. The van der Waals surface area contributed by atoms with Gasteiger partial charge in [0, 0.05) is 17.6 Å². The topological polar surface area (TPSA) is 24.9 Å². The van der Waals surface area contributed by atoms with Crippen LogP contribution in [0.5, 0.6) is 0 Å². The minimum Gasteiger partial charge on any atom is -0.384 e. The lowest BCUT2D eigenvalue weighted by molar-refractivity contribution is 0.901. The first-order chi connectivity index (χ1) is 8.72. The first-order valence-corrected chi connectivity index (χ1v) is 7.01. The van der Waals surface area contributed by atoms with Crippen LogP contribution in [0.2, 0.25) is 10.0 Å². The van der Waals surface area contributed by atoms with Gasteiger partial charge in [-0.25, -0.2) is 0 Å². The van der Waals surface area contributed by atoms with Crippen molar-refractivity contribution in [2.75, 3.05) is 11.9 Å². The van der Waals surface area contributed by atoms with Gasteiger partial charge in [-0.1, -0.05) is 23.2 Å². The summed E-state index contributed by atoms with van der Waals surface area (Å²) in [7, 11) is 0. The average Bonchev–Trinajstić information content (AvgIpc) is 2.82. The molecule has 0 saturated heterocycles. The number of fused-ring (bicyclic) bond motifs is 2. The Hall–Kier alpha value is -0.990. The van der Waals surface area contributed by atoms with Crippen LogP contribution in [0.1, 0.15) is 24.6 Å². The van der Waals surface area contributed by atoms with Crippen LogP contribution in [0.15, 0.2) is 12.1 Å². The van der Waals surface area contributed by atoms with E-state index in [1.54, 1.807) is 0 Å². The first kappa shape index (κ1) is 12.1. The molecule has 0 bridgehead atoms. The zero-order valence-electron chi connectivity index (χ0n) is 10.2. The number of benzene rings is 1. The minimum atomic E-state index is 0.670. The van der Waals surface area contributed by atoms with Gasteiger partial charge >= 0.3 is 0 Å². The van der Waals surface area contributed by atoms with Crippen molar-refractivity contribution in [3.63, 3.8) is 0 Å². The number of anilines is 1. The minimum absolute atomic E-state index is 0.670. The molecule has 0 spiro atoms. The third-order valence-corrected chi connectivity index (χ3v) is 4.04. The highest BCUT2D eigenvalue weighted by atomic mass is 35.5. The molecule has 4 heteroatoms. The second kappa shape index (κ2) is 4.60. The van der Waals surface area contributed by atoms with Crippen LogP contribution in [0.25, 0.3) is 10.9 Å². The molecule has 0 fully saturated rings. The number of hydrogen-bond donors (Lipinski definition) is 1. The van der Waals surface area contributed by atoms with Gasteiger partial charge in [0.15, 0.2) is 0 Å². The van der Waals surface area contributed by atoms with Crippen molar-refractivity contribution in [3.05, 3.63) is 33.4 Å². The van der Waals surface area contributed by atoms with Crippen molar-refractivity contribution < 1.29 is 0 Å². The molecule has 2 nitrogen and oxygen atoms in total. The maximum absolute atomic E-state index is 6.33. The van der Waals surface area contributed by atoms with Crippen LogP contribution in [-0.2, 0) is 12.8 Å². The van der Waals surface area contributed by atoms with Crippen molar-refractivity contribution in [1.29, 1.82) is 0 Å². The Bertz CT molecular complexity index is 623. The summed E-state index contributed by atoms with van der Waals surface area (Å²) in [6.45, 7) is 2.96. The number of nitrogens with one attached hydrogen (secondary N) is 1. The van der Waals surface area contributed by atoms with E-state index in [1.165, 1.54) is 11.3 Å². The molecular weight excluding hydrogens is 267 g/mol. The molecule has 1 aromatic heterocycles. The van der Waals surface area contributed by atoms with E-state index in [4.69, 9.17) is 28.2 Å². The largest absolute Gasteiger partial charge is 0.384 e. The normalized spacial score (nSPS) is 13.9. The quantitative estimate of drug-likeness (QED) is 0.879. The Labute approximate surface area is 116 Å². The summed E-state index contributed by atoms with van der Waals surface area (Å²) in [6, 6.07) is 3.66. The molecular formula is C14H14Cl2N2. The SMILES string of the molecule is CCNc1c2c(nc3c(Cl)ccc(Cl)c13)CCC2. The lowest BCUT2D eigenvalue weighted by Crippen LogP contribution is -2.04. The maximum atomic E-state index is 6.33. The van der Waals surface area contributed by atoms with Crippen LogP contribution in [-0.4, -0.2) is 11.5 Å². The molecule has 0 amide bonds. The molecule has 2 aromatic rings. The van der Waals surface area contributed by atoms with E-state index in [-0.39, 0.29) is 0 Å². The molecule has 3 rings (SSSR count). The molecule has 1 aromatic carbocycles. The number of pyridine rings is 1. The van der Waals surface area contributed by atoms with E-state index in [0.29, 0.717) is 10.0 Å². The maximum Gasteiger partial charge on any atom is 0.0927 e. The molecule has 0 atom stereocenters. The van der Waals surface area contributed by atoms with Crippen LogP contribution in [0.4, 0.5) is 5.69 Å². The molecule has 1 aliphatic rings. The van der Waals surface area contributed by atoms with E-state index >= 15 is 0 Å². The van der Waals surface area contributed by atoms with Crippen molar-refractivity contribution in [2.24, 2.45) is 0 Å². The molecule has 94 valence electrons. The monoisotopic (exact) mass is 280 g/mol. The average molecular weight is 281 g/mol. The van der Waals surface area contributed by atoms with Crippen LogP contribution in [0.3, 0.4) is 0 Å². The van der Waals surface area contributed by atoms with Gasteiger partial charge in [0.25, 0.3) is 0 Å². The number of hydrogen-bond acceptors (Lipinski definition) is 2. The molecule has 1 heterocycles. The highest BCUT2D eigenvalue weighted by Crippen LogP contribution is 2.39. The fraction of sp³-hybridized carbons (Fsp3) is 0.357. The fourth-order valence-corrected chi connectivity index (χ4v) is 3.11. The second-order valence-electron chi connectivity index (χ2n) is 4.55. The molecule has 1 aliphatic carbocycles. The van der Waals surface area contributed by atoms with Gasteiger partial charge in [-0.05, 0) is 43.9 Å². The lowest BCUT2D eigenvalue weighted by atomic mass is 10.1. The smallest absolute Gasteiger partial charge is 0.0927 e. The highest BCUT2D eigenvalue weighted by Gasteiger charge is 2.21. The Morgan fingerprint density at radius 3 is 2.78 bits per heavy atom. The molecule has 0 radical (unpaired) electrons. The van der Waals surface area contributed by atoms with E-state index in [9.17, 15) is 0 Å². The molecule has 1 N–H and O–H groups in total. The Kier molecular flexibility index (Phi) is 3.08. The predicted octanol–water partition coefficient (Wildman–Crippen LogP) is 4.46. The number of rotatable bonds is 2. The van der Waals surface area contributed by atoms with Gasteiger partial charge < -0.3 is 5.32 Å². The number of aryl methyl sites for hydroxylation is 1. The van der Waals surface area contributed by atoms with Crippen LogP contribution >= 0.6 is 23.2 Å². The number of aromatic nitrogens is 1. The van der Waals surface area contributed by atoms with E-state index in [0.717, 1.165) is 42.4 Å². The van der Waals surface area contributed by atoms with Crippen LogP contribution < -0.4 is 5.32 Å². The lowest BCUT2D eigenvalue weighted by Gasteiger charge is -2.15.